The van der Waals surface area contributed by atoms with Crippen LogP contribution in [0, 0.1) is 0 Å². The van der Waals surface area contributed by atoms with Crippen LogP contribution in [0.4, 0.5) is 0 Å². The van der Waals surface area contributed by atoms with Gasteiger partial charge in [0, 0.05) is 21.8 Å². The smallest absolute Gasteiger partial charge is 0.258 e. The summed E-state index contributed by atoms with van der Waals surface area (Å²) >= 11 is 9.29. The van der Waals surface area contributed by atoms with Gasteiger partial charge in [0.1, 0.15) is 5.15 Å². The topological polar surface area (TPSA) is 51.8 Å². The standard InChI is InChI=1S/C13H7BrClN3O/c14-10-4-2-1-3-9(10)12-17-13(19-18-12)8-5-6-16-11(15)7-8/h1-7H. The zero-order valence-electron chi connectivity index (χ0n) is 9.55. The number of pyridine rings is 1. The van der Waals surface area contributed by atoms with Gasteiger partial charge >= 0.3 is 0 Å². The van der Waals surface area contributed by atoms with Crippen molar-refractivity contribution in [1.82, 2.24) is 15.1 Å². The number of aromatic nitrogens is 3. The summed E-state index contributed by atoms with van der Waals surface area (Å²) in [6.07, 6.45) is 1.60. The Hall–Kier alpha value is -1.72. The number of nitrogens with zero attached hydrogens (tertiary/aromatic N) is 3. The second-order valence-corrected chi connectivity index (χ2v) is 5.01. The first-order valence-electron chi connectivity index (χ1n) is 5.44. The average molecular weight is 337 g/mol. The van der Waals surface area contributed by atoms with E-state index in [2.05, 4.69) is 31.1 Å². The summed E-state index contributed by atoms with van der Waals surface area (Å²) in [7, 11) is 0. The fourth-order valence-corrected chi connectivity index (χ4v) is 2.26. The molecule has 3 rings (SSSR count). The first-order chi connectivity index (χ1) is 9.24. The number of benzene rings is 1. The van der Waals surface area contributed by atoms with E-state index in [0.29, 0.717) is 16.9 Å². The van der Waals surface area contributed by atoms with Crippen LogP contribution in [0.3, 0.4) is 0 Å². The van der Waals surface area contributed by atoms with Crippen LogP contribution in [0.25, 0.3) is 22.8 Å². The largest absolute Gasteiger partial charge is 0.334 e. The van der Waals surface area contributed by atoms with Gasteiger partial charge in [-0.15, -0.1) is 0 Å². The summed E-state index contributed by atoms with van der Waals surface area (Å²) < 4.78 is 6.16. The number of halogens is 2. The van der Waals surface area contributed by atoms with Gasteiger partial charge < -0.3 is 4.52 Å². The zero-order valence-corrected chi connectivity index (χ0v) is 11.9. The van der Waals surface area contributed by atoms with Crippen molar-refractivity contribution in [3.05, 3.63) is 52.2 Å². The molecule has 0 fully saturated rings. The Morgan fingerprint density at radius 3 is 2.79 bits per heavy atom. The minimum atomic E-state index is 0.387. The van der Waals surface area contributed by atoms with Gasteiger partial charge in [-0.2, -0.15) is 4.98 Å². The lowest BCUT2D eigenvalue weighted by molar-refractivity contribution is 0.432. The molecule has 0 atom stereocenters. The minimum Gasteiger partial charge on any atom is -0.334 e. The van der Waals surface area contributed by atoms with Crippen molar-refractivity contribution >= 4 is 27.5 Å². The maximum Gasteiger partial charge on any atom is 0.258 e. The van der Waals surface area contributed by atoms with Crippen molar-refractivity contribution in [3.8, 4) is 22.8 Å². The molecule has 94 valence electrons. The van der Waals surface area contributed by atoms with E-state index < -0.39 is 0 Å². The van der Waals surface area contributed by atoms with Gasteiger partial charge in [0.15, 0.2) is 0 Å². The molecule has 0 aliphatic carbocycles. The molecule has 0 spiro atoms. The van der Waals surface area contributed by atoms with Crippen LogP contribution in [-0.2, 0) is 0 Å². The van der Waals surface area contributed by atoms with E-state index in [1.54, 1.807) is 18.3 Å². The van der Waals surface area contributed by atoms with Gasteiger partial charge in [-0.1, -0.05) is 44.8 Å². The SMILES string of the molecule is Clc1cc(-c2nc(-c3ccccc3Br)no2)ccn1. The highest BCUT2D eigenvalue weighted by Gasteiger charge is 2.12. The highest BCUT2D eigenvalue weighted by atomic mass is 79.9. The van der Waals surface area contributed by atoms with Crippen molar-refractivity contribution in [2.75, 3.05) is 0 Å². The molecule has 0 aliphatic heterocycles. The van der Waals surface area contributed by atoms with Crippen LogP contribution in [0.1, 0.15) is 0 Å². The maximum absolute atomic E-state index is 5.84. The van der Waals surface area contributed by atoms with Gasteiger partial charge in [0.05, 0.1) is 0 Å². The molecule has 0 unspecified atom stereocenters. The predicted molar refractivity (Wildman–Crippen MR) is 75.7 cm³/mol. The zero-order chi connectivity index (χ0) is 13.2. The van der Waals surface area contributed by atoms with E-state index in [-0.39, 0.29) is 0 Å². The van der Waals surface area contributed by atoms with Crippen molar-refractivity contribution in [3.63, 3.8) is 0 Å². The molecule has 4 nitrogen and oxygen atoms in total. The van der Waals surface area contributed by atoms with Crippen molar-refractivity contribution in [2.24, 2.45) is 0 Å². The first kappa shape index (κ1) is 12.3. The molecule has 0 radical (unpaired) electrons. The van der Waals surface area contributed by atoms with E-state index in [1.807, 2.05) is 24.3 Å². The molecule has 0 saturated carbocycles. The molecular formula is C13H7BrClN3O. The quantitative estimate of drug-likeness (QED) is 0.658. The fourth-order valence-electron chi connectivity index (χ4n) is 1.63. The Labute approximate surface area is 122 Å². The Bertz CT molecular complexity index is 729. The Morgan fingerprint density at radius 2 is 2.00 bits per heavy atom. The lowest BCUT2D eigenvalue weighted by Gasteiger charge is -1.96. The second-order valence-electron chi connectivity index (χ2n) is 3.77. The summed E-state index contributed by atoms with van der Waals surface area (Å²) in [5.41, 5.74) is 1.61. The molecule has 0 bridgehead atoms. The molecule has 19 heavy (non-hydrogen) atoms. The van der Waals surface area contributed by atoms with Crippen LogP contribution in [0.2, 0.25) is 5.15 Å². The monoisotopic (exact) mass is 335 g/mol. The van der Waals surface area contributed by atoms with Crippen LogP contribution >= 0.6 is 27.5 Å². The number of hydrogen-bond acceptors (Lipinski definition) is 4. The van der Waals surface area contributed by atoms with Crippen molar-refractivity contribution in [2.45, 2.75) is 0 Å². The summed E-state index contributed by atoms with van der Waals surface area (Å²) in [6.45, 7) is 0. The van der Waals surface area contributed by atoms with Crippen LogP contribution in [0.5, 0.6) is 0 Å². The Balaban J connectivity index is 2.03. The summed E-state index contributed by atoms with van der Waals surface area (Å²) in [6, 6.07) is 11.1. The summed E-state index contributed by atoms with van der Waals surface area (Å²) in [5.74, 6) is 0.936. The van der Waals surface area contributed by atoms with Crippen molar-refractivity contribution in [1.29, 1.82) is 0 Å². The van der Waals surface area contributed by atoms with E-state index in [1.165, 1.54) is 0 Å². The molecule has 2 aromatic heterocycles. The van der Waals surface area contributed by atoms with E-state index in [9.17, 15) is 0 Å². The lowest BCUT2D eigenvalue weighted by atomic mass is 10.2. The Kier molecular flexibility index (Phi) is 3.31. The molecule has 3 aromatic rings. The molecule has 2 heterocycles. The summed E-state index contributed by atoms with van der Waals surface area (Å²) in [4.78, 5) is 8.27. The van der Waals surface area contributed by atoms with Crippen LogP contribution in [0.15, 0.2) is 51.6 Å². The van der Waals surface area contributed by atoms with Crippen molar-refractivity contribution < 1.29 is 4.52 Å². The normalized spacial score (nSPS) is 10.6. The van der Waals surface area contributed by atoms with E-state index >= 15 is 0 Å². The number of hydrogen-bond donors (Lipinski definition) is 0. The molecule has 1 aromatic carbocycles. The molecule has 6 heteroatoms. The van der Waals surface area contributed by atoms with Gasteiger partial charge in [-0.3, -0.25) is 0 Å². The molecule has 0 amide bonds. The third kappa shape index (κ3) is 2.52. The minimum absolute atomic E-state index is 0.387. The van der Waals surface area contributed by atoms with Gasteiger partial charge in [0.25, 0.3) is 5.89 Å². The van der Waals surface area contributed by atoms with Gasteiger partial charge in [0.2, 0.25) is 5.82 Å². The second kappa shape index (κ2) is 5.11. The Morgan fingerprint density at radius 1 is 1.16 bits per heavy atom. The fraction of sp³-hybridized carbons (Fsp3) is 0. The van der Waals surface area contributed by atoms with Gasteiger partial charge in [-0.05, 0) is 24.3 Å². The molecular weight excluding hydrogens is 330 g/mol. The summed E-state index contributed by atoms with van der Waals surface area (Å²) in [5, 5.41) is 4.36. The molecule has 0 aliphatic rings. The third-order valence-corrected chi connectivity index (χ3v) is 3.41. The highest BCUT2D eigenvalue weighted by molar-refractivity contribution is 9.10. The third-order valence-electron chi connectivity index (χ3n) is 2.51. The van der Waals surface area contributed by atoms with Crippen LogP contribution < -0.4 is 0 Å². The van der Waals surface area contributed by atoms with Gasteiger partial charge in [-0.25, -0.2) is 4.98 Å². The average Bonchev–Trinajstić information content (AvgIpc) is 2.89. The highest BCUT2D eigenvalue weighted by Crippen LogP contribution is 2.28. The number of rotatable bonds is 2. The lowest BCUT2D eigenvalue weighted by Crippen LogP contribution is -1.83. The molecule has 0 saturated heterocycles. The first-order valence-corrected chi connectivity index (χ1v) is 6.61. The predicted octanol–water partition coefficient (Wildman–Crippen LogP) is 4.21. The van der Waals surface area contributed by atoms with Crippen LogP contribution in [-0.4, -0.2) is 15.1 Å². The van der Waals surface area contributed by atoms with E-state index in [4.69, 9.17) is 16.1 Å². The van der Waals surface area contributed by atoms with E-state index in [0.717, 1.165) is 15.6 Å². The molecule has 0 N–H and O–H groups in total. The maximum atomic E-state index is 5.84.